The molecule has 42 heavy (non-hydrogen) atoms. The summed E-state index contributed by atoms with van der Waals surface area (Å²) in [5.74, 6) is -5.51. The summed E-state index contributed by atoms with van der Waals surface area (Å²) in [5, 5.41) is 11.3. The Morgan fingerprint density at radius 2 is 1.71 bits per heavy atom. The van der Waals surface area contributed by atoms with Gasteiger partial charge in [0.1, 0.15) is 17.2 Å². The highest BCUT2D eigenvalue weighted by Crippen LogP contribution is 2.67. The predicted octanol–water partition coefficient (Wildman–Crippen LogP) is 4.93. The maximum Gasteiger partial charge on any atom is 0.254 e. The van der Waals surface area contributed by atoms with E-state index in [2.05, 4.69) is 38.5 Å². The van der Waals surface area contributed by atoms with E-state index in [-0.39, 0.29) is 41.3 Å². The summed E-state index contributed by atoms with van der Waals surface area (Å²) in [7, 11) is 2.82. The number of aromatic hydroxyl groups is 1. The molecular weight excluding hydrogens is 766 g/mol. The number of nitrogens with zero attached hydrogens (tertiary/aromatic N) is 2. The number of carbonyl (C=O) groups is 4. The van der Waals surface area contributed by atoms with Crippen molar-refractivity contribution in [3.8, 4) is 17.2 Å². The fourth-order valence-electron chi connectivity index (χ4n) is 7.08. The number of imide groups is 2. The van der Waals surface area contributed by atoms with Gasteiger partial charge in [0.2, 0.25) is 11.8 Å². The molecule has 4 aliphatic rings. The second-order valence-corrected chi connectivity index (χ2v) is 13.7. The van der Waals surface area contributed by atoms with Gasteiger partial charge in [-0.25, -0.2) is 0 Å². The molecule has 2 aromatic rings. The van der Waals surface area contributed by atoms with E-state index < -0.39 is 51.1 Å². The Labute approximate surface area is 273 Å². The van der Waals surface area contributed by atoms with Gasteiger partial charge in [0.25, 0.3) is 11.8 Å². The number of benzene rings is 2. The van der Waals surface area contributed by atoms with Crippen LogP contribution in [0.2, 0.25) is 0 Å². The summed E-state index contributed by atoms with van der Waals surface area (Å²) in [6, 6.07) is 9.94. The average Bonchev–Trinajstić information content (AvgIpc) is 3.31. The summed E-state index contributed by atoms with van der Waals surface area (Å²) >= 11 is 19.9. The van der Waals surface area contributed by atoms with Crippen molar-refractivity contribution in [3.05, 3.63) is 57.2 Å². The number of methoxy groups -OCH3 is 2. The molecule has 2 saturated heterocycles. The van der Waals surface area contributed by atoms with Gasteiger partial charge < -0.3 is 14.6 Å². The monoisotopic (exact) mass is 788 g/mol. The first-order valence-corrected chi connectivity index (χ1v) is 16.0. The van der Waals surface area contributed by atoms with Crippen molar-refractivity contribution >= 4 is 91.0 Å². The first kappa shape index (κ1) is 29.7. The Morgan fingerprint density at radius 3 is 2.33 bits per heavy atom. The molecule has 2 aliphatic carbocycles. The number of hydrogen-bond donors (Lipinski definition) is 1. The molecule has 0 spiro atoms. The van der Waals surface area contributed by atoms with E-state index >= 15 is 0 Å². The van der Waals surface area contributed by atoms with E-state index in [1.807, 2.05) is 12.1 Å². The van der Waals surface area contributed by atoms with E-state index in [9.17, 15) is 24.3 Å². The van der Waals surface area contributed by atoms with Crippen molar-refractivity contribution in [2.45, 2.75) is 28.5 Å². The topological polar surface area (TPSA) is 113 Å². The number of phenols is 1. The Bertz CT molecular complexity index is 1590. The molecule has 13 heteroatoms. The zero-order valence-electron chi connectivity index (χ0n) is 22.3. The molecule has 1 saturated carbocycles. The average molecular weight is 790 g/mol. The number of hydrogen-bond acceptors (Lipinski definition) is 7. The van der Waals surface area contributed by atoms with Crippen LogP contribution in [0, 0.1) is 21.3 Å². The number of amides is 4. The lowest BCUT2D eigenvalue weighted by Gasteiger charge is -2.51. The van der Waals surface area contributed by atoms with Crippen LogP contribution in [0.5, 0.6) is 17.2 Å². The maximum atomic E-state index is 14.1. The summed E-state index contributed by atoms with van der Waals surface area (Å²) in [6.07, 6.45) is 1.84. The molecule has 1 N–H and O–H groups in total. The SMILES string of the molecule is COc1cc(O)c(C2C3=CCC4C(=O)N(c5ccc(I)cc5)C(=O)C4C3CC3(Cl)C(=O)N(CBr)C(=O)C23Cl)c(OC)c1. The Morgan fingerprint density at radius 1 is 1.02 bits per heavy atom. The molecule has 2 aliphatic heterocycles. The minimum Gasteiger partial charge on any atom is -0.507 e. The van der Waals surface area contributed by atoms with Crippen LogP contribution in [0.4, 0.5) is 5.69 Å². The van der Waals surface area contributed by atoms with Gasteiger partial charge in [-0.2, -0.15) is 0 Å². The normalized spacial score (nSPS) is 32.0. The molecule has 2 heterocycles. The molecule has 2 aromatic carbocycles. The Balaban J connectivity index is 1.56. The van der Waals surface area contributed by atoms with Gasteiger partial charge in [0.15, 0.2) is 9.75 Å². The van der Waals surface area contributed by atoms with Crippen molar-refractivity contribution in [3.63, 3.8) is 0 Å². The summed E-state index contributed by atoms with van der Waals surface area (Å²) in [6.45, 7) is 0. The molecule has 0 aromatic heterocycles. The molecule has 0 radical (unpaired) electrons. The quantitative estimate of drug-likeness (QED) is 0.150. The van der Waals surface area contributed by atoms with Crippen LogP contribution in [-0.4, -0.2) is 63.1 Å². The second kappa shape index (κ2) is 10.4. The molecule has 6 atom stereocenters. The van der Waals surface area contributed by atoms with Gasteiger partial charge in [-0.05, 0) is 65.6 Å². The highest BCUT2D eigenvalue weighted by Gasteiger charge is 2.76. The van der Waals surface area contributed by atoms with Crippen LogP contribution < -0.4 is 14.4 Å². The van der Waals surface area contributed by atoms with Gasteiger partial charge in [-0.1, -0.05) is 27.6 Å². The molecule has 6 unspecified atom stereocenters. The van der Waals surface area contributed by atoms with Crippen LogP contribution in [0.15, 0.2) is 48.0 Å². The lowest BCUT2D eigenvalue weighted by Crippen LogP contribution is -2.60. The third-order valence-corrected chi connectivity index (χ3v) is 11.6. The van der Waals surface area contributed by atoms with Crippen LogP contribution in [0.1, 0.15) is 24.3 Å². The number of phenolic OH excluding ortho intramolecular Hbond substituents is 1. The number of allylic oxidation sites excluding steroid dienone is 2. The number of likely N-dealkylation sites (tertiary alicyclic amines) is 1. The van der Waals surface area contributed by atoms with Crippen molar-refractivity contribution in [1.82, 2.24) is 4.90 Å². The number of anilines is 1. The van der Waals surface area contributed by atoms with Crippen LogP contribution in [-0.2, 0) is 19.2 Å². The first-order valence-electron chi connectivity index (χ1n) is 13.0. The lowest BCUT2D eigenvalue weighted by molar-refractivity contribution is -0.138. The van der Waals surface area contributed by atoms with Gasteiger partial charge in [-0.15, -0.1) is 23.2 Å². The van der Waals surface area contributed by atoms with E-state index in [1.165, 1.54) is 31.3 Å². The Hall–Kier alpha value is -2.35. The predicted molar refractivity (Wildman–Crippen MR) is 166 cm³/mol. The zero-order chi connectivity index (χ0) is 30.3. The second-order valence-electron chi connectivity index (χ2n) is 10.7. The van der Waals surface area contributed by atoms with E-state index in [1.54, 1.807) is 18.2 Å². The molecule has 220 valence electrons. The van der Waals surface area contributed by atoms with E-state index in [0.29, 0.717) is 17.0 Å². The number of rotatable bonds is 5. The van der Waals surface area contributed by atoms with E-state index in [4.69, 9.17) is 32.7 Å². The number of carbonyl (C=O) groups excluding carboxylic acids is 4. The van der Waals surface area contributed by atoms with E-state index in [0.717, 1.165) is 8.47 Å². The number of fused-ring (bicyclic) bond motifs is 4. The fourth-order valence-corrected chi connectivity index (χ4v) is 8.85. The van der Waals surface area contributed by atoms with Crippen LogP contribution in [0.25, 0.3) is 0 Å². The summed E-state index contributed by atoms with van der Waals surface area (Å²) in [5.41, 5.74) is 0.980. The zero-order valence-corrected chi connectivity index (χ0v) is 27.5. The van der Waals surface area contributed by atoms with Crippen molar-refractivity contribution in [2.24, 2.45) is 17.8 Å². The van der Waals surface area contributed by atoms with Crippen molar-refractivity contribution < 1.29 is 33.8 Å². The van der Waals surface area contributed by atoms with Crippen molar-refractivity contribution in [2.75, 3.05) is 24.6 Å². The van der Waals surface area contributed by atoms with Crippen LogP contribution >= 0.6 is 61.7 Å². The standard InChI is InChI=1S/C29H24BrCl2IN2O7/c1-41-15-9-19(36)22(20(10-15)42-2)23-16-7-8-17-21(25(38)35(24(17)37)14-5-3-13(33)4-6-14)18(16)11-28(31)26(39)34(12-30)27(40)29(23,28)32/h3-7,9-10,17-18,21,23,36H,8,11-12H2,1-2H3. The molecule has 4 amide bonds. The van der Waals surface area contributed by atoms with Crippen molar-refractivity contribution in [1.29, 1.82) is 0 Å². The van der Waals surface area contributed by atoms with Gasteiger partial charge in [0, 0.05) is 27.2 Å². The molecule has 6 rings (SSSR count). The van der Waals surface area contributed by atoms with Gasteiger partial charge >= 0.3 is 0 Å². The van der Waals surface area contributed by atoms with Gasteiger partial charge in [-0.3, -0.25) is 29.0 Å². The lowest BCUT2D eigenvalue weighted by atomic mass is 9.56. The maximum absolute atomic E-state index is 14.1. The Kier molecular flexibility index (Phi) is 7.34. The fraction of sp³-hybridized carbons (Fsp3) is 0.379. The minimum atomic E-state index is -2.07. The first-order chi connectivity index (χ1) is 19.9. The largest absolute Gasteiger partial charge is 0.507 e. The number of alkyl halides is 3. The third-order valence-electron chi connectivity index (χ3n) is 8.94. The third kappa shape index (κ3) is 3.85. The highest BCUT2D eigenvalue weighted by atomic mass is 127. The molecule has 9 nitrogen and oxygen atoms in total. The highest BCUT2D eigenvalue weighted by molar-refractivity contribution is 14.1. The molecular formula is C29H24BrCl2IN2O7. The van der Waals surface area contributed by atoms with Gasteiger partial charge in [0.05, 0.1) is 37.2 Å². The number of halogens is 4. The number of ether oxygens (including phenoxy) is 2. The molecule has 3 fully saturated rings. The molecule has 0 bridgehead atoms. The van der Waals surface area contributed by atoms with Crippen LogP contribution in [0.3, 0.4) is 0 Å². The smallest absolute Gasteiger partial charge is 0.254 e. The summed E-state index contributed by atoms with van der Waals surface area (Å²) in [4.78, 5) is 53.6. The minimum absolute atomic E-state index is 0.136. The summed E-state index contributed by atoms with van der Waals surface area (Å²) < 4.78 is 11.9.